The quantitative estimate of drug-likeness (QED) is 0.499. The van der Waals surface area contributed by atoms with Crippen molar-refractivity contribution in [1.29, 1.82) is 0 Å². The van der Waals surface area contributed by atoms with Crippen LogP contribution in [0.5, 0.6) is 0 Å². The van der Waals surface area contributed by atoms with Crippen LogP contribution in [0.15, 0.2) is 4.99 Å². The molecule has 0 bridgehead atoms. The molecule has 56 valence electrons. The van der Waals surface area contributed by atoms with E-state index in [1.165, 1.54) is 0 Å². The number of isothiocyanates is 1. The molecule has 0 unspecified atom stereocenters. The SMILES string of the molecule is CC(C)(CC(=O)O)N=C=S. The van der Waals surface area contributed by atoms with Crippen molar-refractivity contribution in [3.63, 3.8) is 0 Å². The van der Waals surface area contributed by atoms with Gasteiger partial charge >= 0.3 is 5.97 Å². The number of aliphatic imine (C=N–C) groups is 1. The van der Waals surface area contributed by atoms with Crippen LogP contribution < -0.4 is 0 Å². The van der Waals surface area contributed by atoms with E-state index in [0.29, 0.717) is 0 Å². The number of hydrogen-bond acceptors (Lipinski definition) is 3. The van der Waals surface area contributed by atoms with Crippen LogP contribution >= 0.6 is 12.2 Å². The highest BCUT2D eigenvalue weighted by Gasteiger charge is 2.19. The van der Waals surface area contributed by atoms with Crippen LogP contribution in [0.1, 0.15) is 20.3 Å². The highest BCUT2D eigenvalue weighted by atomic mass is 32.1. The molecule has 0 amide bonds. The Morgan fingerprint density at radius 3 is 2.60 bits per heavy atom. The molecule has 0 aliphatic heterocycles. The summed E-state index contributed by atoms with van der Waals surface area (Å²) in [6.07, 6.45) is -0.0172. The van der Waals surface area contributed by atoms with Gasteiger partial charge in [-0.15, -0.1) is 0 Å². The standard InChI is InChI=1S/C6H9NO2S/c1-6(2,7-4-10)3-5(8)9/h3H2,1-2H3,(H,8,9). The van der Waals surface area contributed by atoms with Crippen LogP contribution in [-0.4, -0.2) is 21.8 Å². The summed E-state index contributed by atoms with van der Waals surface area (Å²) in [5, 5.41) is 10.5. The molecule has 0 saturated heterocycles. The highest BCUT2D eigenvalue weighted by molar-refractivity contribution is 7.78. The lowest BCUT2D eigenvalue weighted by Gasteiger charge is -2.13. The third kappa shape index (κ3) is 4.18. The van der Waals surface area contributed by atoms with E-state index in [9.17, 15) is 4.79 Å². The number of aliphatic carboxylic acids is 1. The Morgan fingerprint density at radius 1 is 1.80 bits per heavy atom. The Balaban J connectivity index is 4.12. The number of carbonyl (C=O) groups is 1. The zero-order valence-electron chi connectivity index (χ0n) is 5.92. The van der Waals surface area contributed by atoms with Crippen LogP contribution in [0.3, 0.4) is 0 Å². The highest BCUT2D eigenvalue weighted by Crippen LogP contribution is 2.12. The maximum Gasteiger partial charge on any atom is 0.305 e. The molecule has 0 aromatic carbocycles. The average Bonchev–Trinajstić information content (AvgIpc) is 1.59. The average molecular weight is 159 g/mol. The summed E-state index contributed by atoms with van der Waals surface area (Å²) in [4.78, 5) is 13.8. The molecule has 10 heavy (non-hydrogen) atoms. The van der Waals surface area contributed by atoms with E-state index in [1.807, 2.05) is 0 Å². The number of carboxylic acids is 1. The van der Waals surface area contributed by atoms with Gasteiger partial charge in [0, 0.05) is 0 Å². The number of nitrogens with zero attached hydrogens (tertiary/aromatic N) is 1. The van der Waals surface area contributed by atoms with Gasteiger partial charge in [0.1, 0.15) is 0 Å². The fourth-order valence-corrected chi connectivity index (χ4v) is 0.780. The Kier molecular flexibility index (Phi) is 3.19. The molecule has 4 heteroatoms. The van der Waals surface area contributed by atoms with E-state index in [0.717, 1.165) is 0 Å². The first-order valence-corrected chi connectivity index (χ1v) is 3.19. The second kappa shape index (κ2) is 3.44. The fourth-order valence-electron chi connectivity index (χ4n) is 0.533. The molecule has 0 fully saturated rings. The normalized spacial score (nSPS) is 10.2. The van der Waals surface area contributed by atoms with E-state index in [1.54, 1.807) is 13.8 Å². The van der Waals surface area contributed by atoms with E-state index < -0.39 is 11.5 Å². The summed E-state index contributed by atoms with van der Waals surface area (Å²) < 4.78 is 0. The van der Waals surface area contributed by atoms with Crippen LogP contribution in [0.2, 0.25) is 0 Å². The number of thiocarbonyl (C=S) groups is 1. The minimum Gasteiger partial charge on any atom is -0.481 e. The Bertz CT molecular complexity index is 182. The van der Waals surface area contributed by atoms with Gasteiger partial charge < -0.3 is 5.11 Å². The summed E-state index contributed by atoms with van der Waals surface area (Å²) in [5.74, 6) is -0.876. The molecule has 0 saturated carbocycles. The molecule has 0 aliphatic rings. The number of rotatable bonds is 3. The zero-order chi connectivity index (χ0) is 8.20. The van der Waals surface area contributed by atoms with Crippen molar-refractivity contribution >= 4 is 23.3 Å². The first-order chi connectivity index (χ1) is 4.48. The molecule has 0 aromatic heterocycles. The van der Waals surface area contributed by atoms with Crippen molar-refractivity contribution in [2.24, 2.45) is 4.99 Å². The van der Waals surface area contributed by atoms with Crippen molar-refractivity contribution in [1.82, 2.24) is 0 Å². The van der Waals surface area contributed by atoms with Crippen LogP contribution in [0.4, 0.5) is 0 Å². The van der Waals surface area contributed by atoms with Gasteiger partial charge in [0.2, 0.25) is 0 Å². The number of hydrogen-bond donors (Lipinski definition) is 1. The Hall–Kier alpha value is -0.730. The zero-order valence-corrected chi connectivity index (χ0v) is 6.73. The Labute approximate surface area is 64.8 Å². The minimum atomic E-state index is -0.876. The molecular weight excluding hydrogens is 150 g/mol. The molecule has 0 rings (SSSR count). The van der Waals surface area contributed by atoms with Gasteiger partial charge in [-0.05, 0) is 26.1 Å². The molecule has 0 spiro atoms. The van der Waals surface area contributed by atoms with E-state index in [4.69, 9.17) is 5.11 Å². The van der Waals surface area contributed by atoms with Gasteiger partial charge in [-0.1, -0.05) is 0 Å². The predicted octanol–water partition coefficient (Wildman–Crippen LogP) is 1.34. The Morgan fingerprint density at radius 2 is 2.30 bits per heavy atom. The monoisotopic (exact) mass is 159 g/mol. The smallest absolute Gasteiger partial charge is 0.305 e. The summed E-state index contributed by atoms with van der Waals surface area (Å²) in [6.45, 7) is 3.39. The van der Waals surface area contributed by atoms with Gasteiger partial charge in [0.25, 0.3) is 0 Å². The first-order valence-electron chi connectivity index (χ1n) is 2.79. The molecule has 0 radical (unpaired) electrons. The summed E-state index contributed by atoms with van der Waals surface area (Å²) in [7, 11) is 0. The van der Waals surface area contributed by atoms with Gasteiger partial charge in [0.15, 0.2) is 0 Å². The third-order valence-electron chi connectivity index (χ3n) is 0.932. The summed E-state index contributed by atoms with van der Waals surface area (Å²) in [6, 6.07) is 0. The van der Waals surface area contributed by atoms with E-state index in [2.05, 4.69) is 22.4 Å². The lowest BCUT2D eigenvalue weighted by molar-refractivity contribution is -0.138. The third-order valence-corrected chi connectivity index (χ3v) is 1.02. The molecule has 0 aliphatic carbocycles. The maximum atomic E-state index is 10.2. The molecule has 1 N–H and O–H groups in total. The van der Waals surface area contributed by atoms with Crippen molar-refractivity contribution in [3.05, 3.63) is 0 Å². The molecule has 3 nitrogen and oxygen atoms in total. The van der Waals surface area contributed by atoms with Crippen LogP contribution in [0.25, 0.3) is 0 Å². The second-order valence-corrected chi connectivity index (χ2v) is 2.77. The molecule has 0 aromatic rings. The van der Waals surface area contributed by atoms with Crippen LogP contribution in [0, 0.1) is 0 Å². The fraction of sp³-hybridized carbons (Fsp3) is 0.667. The van der Waals surface area contributed by atoms with Crippen LogP contribution in [-0.2, 0) is 4.79 Å². The minimum absolute atomic E-state index is 0.0172. The van der Waals surface area contributed by atoms with Gasteiger partial charge in [-0.3, -0.25) is 4.79 Å². The van der Waals surface area contributed by atoms with Crippen molar-refractivity contribution in [2.75, 3.05) is 0 Å². The number of carboxylic acid groups (broad SMARTS) is 1. The van der Waals surface area contributed by atoms with E-state index in [-0.39, 0.29) is 6.42 Å². The second-order valence-electron chi connectivity index (χ2n) is 2.59. The largest absolute Gasteiger partial charge is 0.481 e. The molecule has 0 atom stereocenters. The predicted molar refractivity (Wildman–Crippen MR) is 41.4 cm³/mol. The maximum absolute atomic E-state index is 10.2. The lowest BCUT2D eigenvalue weighted by Crippen LogP contribution is -2.20. The van der Waals surface area contributed by atoms with Crippen molar-refractivity contribution in [3.8, 4) is 0 Å². The van der Waals surface area contributed by atoms with Gasteiger partial charge in [0.05, 0.1) is 17.1 Å². The van der Waals surface area contributed by atoms with Gasteiger partial charge in [-0.2, -0.15) is 0 Å². The first kappa shape index (κ1) is 9.27. The summed E-state index contributed by atoms with van der Waals surface area (Å²) in [5.41, 5.74) is -0.617. The van der Waals surface area contributed by atoms with Gasteiger partial charge in [-0.25, -0.2) is 4.99 Å². The summed E-state index contributed by atoms with van der Waals surface area (Å²) >= 11 is 4.34. The van der Waals surface area contributed by atoms with Crippen molar-refractivity contribution in [2.45, 2.75) is 25.8 Å². The molecular formula is C6H9NO2S. The lowest BCUT2D eigenvalue weighted by atomic mass is 10.0. The molecule has 0 heterocycles. The van der Waals surface area contributed by atoms with E-state index >= 15 is 0 Å². The topological polar surface area (TPSA) is 49.7 Å². The van der Waals surface area contributed by atoms with Crippen molar-refractivity contribution < 1.29 is 9.90 Å².